The summed E-state index contributed by atoms with van der Waals surface area (Å²) in [5.41, 5.74) is 0. The summed E-state index contributed by atoms with van der Waals surface area (Å²) >= 11 is 0. The largest absolute Gasteiger partial charge is 0.472 e. The third kappa shape index (κ3) is 47.8. The van der Waals surface area contributed by atoms with Gasteiger partial charge in [0.1, 0.15) is 19.3 Å². The van der Waals surface area contributed by atoms with E-state index in [4.69, 9.17) is 37.0 Å². The predicted octanol–water partition coefficient (Wildman–Crippen LogP) is 13.5. The van der Waals surface area contributed by atoms with Crippen LogP contribution in [0.1, 0.15) is 253 Å². The van der Waals surface area contributed by atoms with E-state index in [0.717, 1.165) is 109 Å². The standard InChI is InChI=1S/C53H102O17P2/c1-6-9-12-15-17-18-19-23-27-32-37-51(56)64-43-49(70-53(58)39-34-29-24-20-22-26-30-35-46(4)5)45-68-72(61,62)66-41-47(54)40-65-71(59,60)67-44-48(42-63-50(55)36-31-25-14-11-8-3)69-52(57)38-33-28-21-16-13-10-7-2/h46-49,54H,6-45H2,1-5H3,(H,59,60)(H,61,62)/t47-,48+,49+/m0/s1. The van der Waals surface area contributed by atoms with Crippen molar-refractivity contribution in [3.63, 3.8) is 0 Å². The predicted molar refractivity (Wildman–Crippen MR) is 280 cm³/mol. The van der Waals surface area contributed by atoms with Crippen LogP contribution in [0.3, 0.4) is 0 Å². The van der Waals surface area contributed by atoms with Gasteiger partial charge in [-0.1, -0.05) is 202 Å². The smallest absolute Gasteiger partial charge is 0.462 e. The van der Waals surface area contributed by atoms with Crippen molar-refractivity contribution in [3.05, 3.63) is 0 Å². The van der Waals surface area contributed by atoms with Gasteiger partial charge in [-0.15, -0.1) is 0 Å². The quantitative estimate of drug-likeness (QED) is 0.0222. The van der Waals surface area contributed by atoms with E-state index in [9.17, 15) is 43.2 Å². The minimum absolute atomic E-state index is 0.102. The zero-order valence-electron chi connectivity index (χ0n) is 45.5. The molecular formula is C53H102O17P2. The number of carbonyl (C=O) groups is 4. The monoisotopic (exact) mass is 1070 g/mol. The first-order valence-electron chi connectivity index (χ1n) is 28.1. The molecule has 3 N–H and O–H groups in total. The van der Waals surface area contributed by atoms with Crippen LogP contribution < -0.4 is 0 Å². The summed E-state index contributed by atoms with van der Waals surface area (Å²) in [6.07, 6.45) is 27.2. The number of hydrogen-bond donors (Lipinski definition) is 3. The molecule has 0 heterocycles. The van der Waals surface area contributed by atoms with E-state index in [1.807, 2.05) is 0 Å². The van der Waals surface area contributed by atoms with Crippen LogP contribution in [0.5, 0.6) is 0 Å². The molecule has 0 bridgehead atoms. The summed E-state index contributed by atoms with van der Waals surface area (Å²) < 4.78 is 67.2. The summed E-state index contributed by atoms with van der Waals surface area (Å²) in [6, 6.07) is 0. The Morgan fingerprint density at radius 1 is 0.375 bits per heavy atom. The van der Waals surface area contributed by atoms with E-state index in [2.05, 4.69) is 34.6 Å². The Balaban J connectivity index is 5.18. The molecule has 0 saturated carbocycles. The second kappa shape index (κ2) is 47.5. The van der Waals surface area contributed by atoms with Crippen molar-refractivity contribution in [2.24, 2.45) is 5.92 Å². The number of esters is 4. The Hall–Kier alpha value is -1.94. The summed E-state index contributed by atoms with van der Waals surface area (Å²) in [5, 5.41) is 10.4. The van der Waals surface area contributed by atoms with Crippen molar-refractivity contribution >= 4 is 39.5 Å². The molecule has 426 valence electrons. The van der Waals surface area contributed by atoms with Gasteiger partial charge in [-0.25, -0.2) is 9.13 Å². The highest BCUT2D eigenvalue weighted by Gasteiger charge is 2.30. The summed E-state index contributed by atoms with van der Waals surface area (Å²) in [5.74, 6) is -1.47. The van der Waals surface area contributed by atoms with E-state index in [0.29, 0.717) is 31.6 Å². The average molecular weight is 1070 g/mol. The van der Waals surface area contributed by atoms with Crippen molar-refractivity contribution in [1.82, 2.24) is 0 Å². The summed E-state index contributed by atoms with van der Waals surface area (Å²) in [7, 11) is -9.85. The number of rotatable bonds is 53. The third-order valence-electron chi connectivity index (χ3n) is 12.0. The molecule has 0 radical (unpaired) electrons. The molecule has 0 fully saturated rings. The van der Waals surface area contributed by atoms with Crippen LogP contribution in [-0.4, -0.2) is 96.7 Å². The van der Waals surface area contributed by atoms with Gasteiger partial charge in [-0.05, 0) is 31.6 Å². The van der Waals surface area contributed by atoms with Crippen molar-refractivity contribution in [3.8, 4) is 0 Å². The Morgan fingerprint density at radius 3 is 0.944 bits per heavy atom. The summed E-state index contributed by atoms with van der Waals surface area (Å²) in [4.78, 5) is 71.3. The van der Waals surface area contributed by atoms with Gasteiger partial charge >= 0.3 is 39.5 Å². The minimum atomic E-state index is -4.93. The first-order valence-corrected chi connectivity index (χ1v) is 31.1. The van der Waals surface area contributed by atoms with Gasteiger partial charge in [-0.3, -0.25) is 37.3 Å². The molecule has 0 spiro atoms. The van der Waals surface area contributed by atoms with Gasteiger partial charge in [0, 0.05) is 25.7 Å². The molecule has 0 aliphatic rings. The zero-order valence-corrected chi connectivity index (χ0v) is 47.3. The van der Waals surface area contributed by atoms with Crippen molar-refractivity contribution in [2.75, 3.05) is 39.6 Å². The number of carbonyl (C=O) groups excluding carboxylic acids is 4. The average Bonchev–Trinajstić information content (AvgIpc) is 3.34. The van der Waals surface area contributed by atoms with Gasteiger partial charge in [0.25, 0.3) is 0 Å². The second-order valence-corrected chi connectivity index (χ2v) is 22.6. The molecule has 0 aromatic carbocycles. The minimum Gasteiger partial charge on any atom is -0.462 e. The summed E-state index contributed by atoms with van der Waals surface area (Å²) in [6.45, 7) is 6.90. The fourth-order valence-electron chi connectivity index (χ4n) is 7.64. The van der Waals surface area contributed by atoms with E-state index < -0.39 is 97.5 Å². The Labute approximate surface area is 435 Å². The van der Waals surface area contributed by atoms with Crippen LogP contribution in [0.4, 0.5) is 0 Å². The molecule has 0 aromatic rings. The molecule has 19 heteroatoms. The highest BCUT2D eigenvalue weighted by Crippen LogP contribution is 2.45. The normalized spacial score (nSPS) is 14.6. The topological polar surface area (TPSA) is 237 Å². The molecule has 5 atom stereocenters. The van der Waals surface area contributed by atoms with Crippen LogP contribution in [-0.2, 0) is 65.4 Å². The lowest BCUT2D eigenvalue weighted by Crippen LogP contribution is -2.30. The molecule has 0 aliphatic heterocycles. The van der Waals surface area contributed by atoms with E-state index in [1.54, 1.807) is 0 Å². The van der Waals surface area contributed by atoms with Crippen LogP contribution in [0.15, 0.2) is 0 Å². The van der Waals surface area contributed by atoms with Gasteiger partial charge < -0.3 is 33.8 Å². The molecule has 0 aliphatic carbocycles. The third-order valence-corrected chi connectivity index (χ3v) is 13.9. The number of unbranched alkanes of at least 4 members (excludes halogenated alkanes) is 25. The maximum absolute atomic E-state index is 12.9. The van der Waals surface area contributed by atoms with Crippen LogP contribution >= 0.6 is 15.6 Å². The number of phosphoric acid groups is 2. The van der Waals surface area contributed by atoms with Gasteiger partial charge in [0.05, 0.1) is 26.4 Å². The SMILES string of the molecule is CCCCCCCCCCCCC(=O)OC[C@H](COP(=O)(O)OC[C@@H](O)COP(=O)(O)OC[C@@H](COC(=O)CCCCCCC)OC(=O)CCCCCCCCC)OC(=O)CCCCCCCCCC(C)C. The number of hydrogen-bond acceptors (Lipinski definition) is 15. The van der Waals surface area contributed by atoms with Gasteiger partial charge in [-0.2, -0.15) is 0 Å². The van der Waals surface area contributed by atoms with Crippen molar-refractivity contribution < 1.29 is 80.2 Å². The van der Waals surface area contributed by atoms with Gasteiger partial charge in [0.15, 0.2) is 12.2 Å². The molecule has 72 heavy (non-hydrogen) atoms. The Morgan fingerprint density at radius 2 is 0.639 bits per heavy atom. The van der Waals surface area contributed by atoms with Crippen LogP contribution in [0.25, 0.3) is 0 Å². The molecule has 0 aromatic heterocycles. The van der Waals surface area contributed by atoms with Crippen LogP contribution in [0.2, 0.25) is 0 Å². The fraction of sp³-hybridized carbons (Fsp3) is 0.925. The first kappa shape index (κ1) is 70.1. The lowest BCUT2D eigenvalue weighted by molar-refractivity contribution is -0.161. The highest BCUT2D eigenvalue weighted by atomic mass is 31.2. The number of aliphatic hydroxyl groups excluding tert-OH is 1. The second-order valence-electron chi connectivity index (χ2n) is 19.7. The highest BCUT2D eigenvalue weighted by molar-refractivity contribution is 7.47. The van der Waals surface area contributed by atoms with Crippen molar-refractivity contribution in [2.45, 2.75) is 271 Å². The molecule has 0 rings (SSSR count). The Bertz CT molecular complexity index is 1430. The lowest BCUT2D eigenvalue weighted by atomic mass is 10.0. The maximum atomic E-state index is 12.9. The number of ether oxygens (including phenoxy) is 4. The van der Waals surface area contributed by atoms with Gasteiger partial charge in [0.2, 0.25) is 0 Å². The molecule has 0 amide bonds. The number of phosphoric ester groups is 2. The lowest BCUT2D eigenvalue weighted by Gasteiger charge is -2.21. The van der Waals surface area contributed by atoms with Crippen molar-refractivity contribution in [1.29, 1.82) is 0 Å². The molecule has 0 saturated heterocycles. The van der Waals surface area contributed by atoms with E-state index in [-0.39, 0.29) is 25.7 Å². The van der Waals surface area contributed by atoms with E-state index >= 15 is 0 Å². The first-order chi connectivity index (χ1) is 34.5. The fourth-order valence-corrected chi connectivity index (χ4v) is 9.22. The maximum Gasteiger partial charge on any atom is 0.472 e. The Kier molecular flexibility index (Phi) is 46.2. The van der Waals surface area contributed by atoms with E-state index in [1.165, 1.54) is 57.8 Å². The molecule has 17 nitrogen and oxygen atoms in total. The zero-order chi connectivity index (χ0) is 53.6. The molecular weight excluding hydrogens is 971 g/mol. The number of aliphatic hydroxyl groups is 1. The van der Waals surface area contributed by atoms with Crippen LogP contribution in [0, 0.1) is 5.92 Å². The molecule has 2 unspecified atom stereocenters.